The molecule has 1 rings (SSSR count). The Kier molecular flexibility index (Phi) is 10.8. The van der Waals surface area contributed by atoms with Gasteiger partial charge in [0.1, 0.15) is 0 Å². The molecule has 0 fully saturated rings. The normalized spacial score (nSPS) is 13.3. The molecule has 1 aromatic rings. The largest absolute Gasteiger partial charge is 0.356 e. The van der Waals surface area contributed by atoms with E-state index in [0.29, 0.717) is 5.92 Å². The number of rotatable bonds is 12. The summed E-state index contributed by atoms with van der Waals surface area (Å²) in [6, 6.07) is 8.72. The highest BCUT2D eigenvalue weighted by Crippen LogP contribution is 2.23. The first kappa shape index (κ1) is 20.8. The third-order valence-corrected chi connectivity index (χ3v) is 4.14. The third-order valence-electron chi connectivity index (χ3n) is 4.14. The highest BCUT2D eigenvalue weighted by atomic mass is 14.9. The summed E-state index contributed by atoms with van der Waals surface area (Å²) < 4.78 is 0. The lowest BCUT2D eigenvalue weighted by molar-refractivity contribution is 0.691. The smallest absolute Gasteiger partial charge is 0.0384 e. The van der Waals surface area contributed by atoms with E-state index in [2.05, 4.69) is 80.9 Å². The molecule has 1 aromatic carbocycles. The van der Waals surface area contributed by atoms with Gasteiger partial charge in [0.05, 0.1) is 0 Å². The van der Waals surface area contributed by atoms with Crippen molar-refractivity contribution in [2.24, 2.45) is 0 Å². The van der Waals surface area contributed by atoms with Crippen molar-refractivity contribution in [3.63, 3.8) is 0 Å². The molecule has 0 bridgehead atoms. The molecule has 0 aliphatic rings. The Balaban J connectivity index is 2.60. The summed E-state index contributed by atoms with van der Waals surface area (Å²) in [6.07, 6.45) is 20.1. The molecular weight excluding hydrogens is 302 g/mol. The second-order valence-electron chi connectivity index (χ2n) is 6.27. The zero-order chi connectivity index (χ0) is 18.3. The zero-order valence-corrected chi connectivity index (χ0v) is 15.9. The highest BCUT2D eigenvalue weighted by molar-refractivity contribution is 5.52. The summed E-state index contributed by atoms with van der Waals surface area (Å²) in [6.45, 7) is 11.9. The van der Waals surface area contributed by atoms with E-state index in [0.717, 1.165) is 37.1 Å². The Morgan fingerprint density at radius 3 is 2.44 bits per heavy atom. The minimum atomic E-state index is 0.562. The molecule has 1 N–H and O–H groups in total. The fourth-order valence-corrected chi connectivity index (χ4v) is 2.59. The van der Waals surface area contributed by atoms with Gasteiger partial charge in [-0.1, -0.05) is 56.0 Å². The Morgan fingerprint density at radius 2 is 1.80 bits per heavy atom. The van der Waals surface area contributed by atoms with Crippen molar-refractivity contribution < 1.29 is 0 Å². The Morgan fingerprint density at radius 1 is 1.08 bits per heavy atom. The topological polar surface area (TPSA) is 12.0 Å². The van der Waals surface area contributed by atoms with Crippen LogP contribution in [0.2, 0.25) is 0 Å². The fraction of sp³-hybridized carbons (Fsp3) is 0.333. The maximum atomic E-state index is 3.81. The summed E-state index contributed by atoms with van der Waals surface area (Å²) in [5, 5.41) is 3.46. The Hall–Kier alpha value is -2.28. The lowest BCUT2D eigenvalue weighted by atomic mass is 9.96. The van der Waals surface area contributed by atoms with Crippen molar-refractivity contribution in [1.82, 2.24) is 0 Å². The highest BCUT2D eigenvalue weighted by Gasteiger charge is 2.04. The van der Waals surface area contributed by atoms with Crippen LogP contribution in [0.1, 0.15) is 57.4 Å². The molecule has 0 aliphatic heterocycles. The van der Waals surface area contributed by atoms with Gasteiger partial charge in [-0.05, 0) is 74.8 Å². The fourth-order valence-electron chi connectivity index (χ4n) is 2.59. The minimum absolute atomic E-state index is 0.562. The van der Waals surface area contributed by atoms with Crippen LogP contribution in [-0.4, -0.2) is 0 Å². The molecule has 0 amide bonds. The van der Waals surface area contributed by atoms with Crippen LogP contribution in [0.25, 0.3) is 0 Å². The van der Waals surface area contributed by atoms with Gasteiger partial charge in [-0.3, -0.25) is 0 Å². The van der Waals surface area contributed by atoms with Crippen molar-refractivity contribution in [2.45, 2.75) is 51.9 Å². The molecule has 0 aliphatic carbocycles. The summed E-state index contributed by atoms with van der Waals surface area (Å²) in [4.78, 5) is 0. The van der Waals surface area contributed by atoms with Crippen LogP contribution in [0.4, 0.5) is 5.69 Å². The van der Waals surface area contributed by atoms with Crippen molar-refractivity contribution >= 4 is 5.69 Å². The maximum absolute atomic E-state index is 3.81. The number of unbranched alkanes of at least 4 members (excludes halogenated alkanes) is 2. The van der Waals surface area contributed by atoms with Crippen LogP contribution in [0.3, 0.4) is 0 Å². The molecule has 0 saturated carbocycles. The van der Waals surface area contributed by atoms with Crippen LogP contribution in [0.5, 0.6) is 0 Å². The van der Waals surface area contributed by atoms with Crippen LogP contribution >= 0.6 is 0 Å². The van der Waals surface area contributed by atoms with Crippen molar-refractivity contribution in [2.75, 3.05) is 5.32 Å². The molecule has 1 nitrogen and oxygen atoms in total. The molecule has 134 valence electrons. The maximum Gasteiger partial charge on any atom is 0.0384 e. The summed E-state index contributed by atoms with van der Waals surface area (Å²) >= 11 is 0. The lowest BCUT2D eigenvalue weighted by Gasteiger charge is -2.12. The van der Waals surface area contributed by atoms with E-state index in [9.17, 15) is 0 Å². The summed E-state index contributed by atoms with van der Waals surface area (Å²) in [7, 11) is 0. The third kappa shape index (κ3) is 8.95. The first-order chi connectivity index (χ1) is 12.2. The number of benzene rings is 1. The number of allylic oxidation sites excluding steroid dienone is 7. The zero-order valence-electron chi connectivity index (χ0n) is 15.9. The van der Waals surface area contributed by atoms with Gasteiger partial charge in [-0.25, -0.2) is 0 Å². The van der Waals surface area contributed by atoms with Crippen molar-refractivity contribution in [1.29, 1.82) is 0 Å². The van der Waals surface area contributed by atoms with Gasteiger partial charge in [-0.15, -0.1) is 6.58 Å². The van der Waals surface area contributed by atoms with Crippen LogP contribution in [0.15, 0.2) is 85.7 Å². The van der Waals surface area contributed by atoms with Gasteiger partial charge in [0.2, 0.25) is 0 Å². The standard InChI is InChI=1S/C24H33N/c1-5-8-10-11-12-13-16-23(14-7-3)25-24-19-17-22(18-20-24)21(4)15-9-6-2/h5-8,13-14,16-21,25H,2-3,9-12,15H2,1,4H3/b8-5-,16-13-,23-14+. The molecule has 0 spiro atoms. The van der Waals surface area contributed by atoms with Gasteiger partial charge in [0, 0.05) is 11.4 Å². The van der Waals surface area contributed by atoms with E-state index in [1.54, 1.807) is 0 Å². The van der Waals surface area contributed by atoms with E-state index < -0.39 is 0 Å². The molecule has 25 heavy (non-hydrogen) atoms. The van der Waals surface area contributed by atoms with E-state index in [4.69, 9.17) is 0 Å². The molecular formula is C24H33N. The summed E-state index contributed by atoms with van der Waals surface area (Å²) in [5.74, 6) is 0.562. The Bertz CT molecular complexity index is 587. The second kappa shape index (κ2) is 13.1. The molecule has 0 radical (unpaired) electrons. The van der Waals surface area contributed by atoms with Crippen molar-refractivity contribution in [3.8, 4) is 0 Å². The SMILES string of the molecule is C=C/C=C(\C=C/CCC/C=C\C)Nc1ccc(C(C)CCC=C)cc1. The van der Waals surface area contributed by atoms with Gasteiger partial charge in [-0.2, -0.15) is 0 Å². The van der Waals surface area contributed by atoms with Crippen LogP contribution in [0, 0.1) is 0 Å². The van der Waals surface area contributed by atoms with Gasteiger partial charge in [0.15, 0.2) is 0 Å². The average Bonchev–Trinajstić information content (AvgIpc) is 2.63. The molecule has 1 unspecified atom stereocenters. The van der Waals surface area contributed by atoms with Gasteiger partial charge >= 0.3 is 0 Å². The molecule has 1 atom stereocenters. The summed E-state index contributed by atoms with van der Waals surface area (Å²) in [5.41, 5.74) is 3.54. The number of anilines is 1. The minimum Gasteiger partial charge on any atom is -0.356 e. The van der Waals surface area contributed by atoms with Crippen LogP contribution in [-0.2, 0) is 0 Å². The predicted octanol–water partition coefficient (Wildman–Crippen LogP) is 7.54. The first-order valence-corrected chi connectivity index (χ1v) is 9.29. The monoisotopic (exact) mass is 335 g/mol. The van der Waals surface area contributed by atoms with E-state index >= 15 is 0 Å². The quantitative estimate of drug-likeness (QED) is 0.236. The predicted molar refractivity (Wildman–Crippen MR) is 114 cm³/mol. The van der Waals surface area contributed by atoms with Crippen molar-refractivity contribution in [3.05, 3.63) is 91.2 Å². The van der Waals surface area contributed by atoms with E-state index in [1.165, 1.54) is 12.0 Å². The van der Waals surface area contributed by atoms with Gasteiger partial charge < -0.3 is 5.32 Å². The van der Waals surface area contributed by atoms with Gasteiger partial charge in [0.25, 0.3) is 0 Å². The molecule has 0 saturated heterocycles. The first-order valence-electron chi connectivity index (χ1n) is 9.29. The number of nitrogens with one attached hydrogen (secondary N) is 1. The van der Waals surface area contributed by atoms with E-state index in [-0.39, 0.29) is 0 Å². The van der Waals surface area contributed by atoms with Crippen LogP contribution < -0.4 is 5.32 Å². The number of hydrogen-bond acceptors (Lipinski definition) is 1. The van der Waals surface area contributed by atoms with E-state index in [1.807, 2.05) is 18.2 Å². The average molecular weight is 336 g/mol. The lowest BCUT2D eigenvalue weighted by Crippen LogP contribution is -1.98. The second-order valence-corrected chi connectivity index (χ2v) is 6.27. The molecule has 0 aromatic heterocycles. The molecule has 0 heterocycles. The molecule has 1 heteroatoms. The number of hydrogen-bond donors (Lipinski definition) is 1. The Labute approximate surface area is 154 Å².